The average molecular weight is 267 g/mol. The van der Waals surface area contributed by atoms with E-state index in [1.54, 1.807) is 0 Å². The highest BCUT2D eigenvalue weighted by atomic mass is 32.1. The molecule has 2 rings (SSSR count). The molecule has 1 aliphatic heterocycles. The van der Waals surface area contributed by atoms with Gasteiger partial charge in [0.1, 0.15) is 4.32 Å². The molecular weight excluding hydrogens is 250 g/mol. The number of rotatable bonds is 2. The minimum Gasteiger partial charge on any atom is -0.368 e. The molecule has 0 unspecified atom stereocenters. The van der Waals surface area contributed by atoms with Crippen LogP contribution >= 0.6 is 24.8 Å². The molecule has 1 aromatic rings. The van der Waals surface area contributed by atoms with Crippen LogP contribution in [0.4, 0.5) is 5.69 Å². The second kappa shape index (κ2) is 5.71. The fourth-order valence-corrected chi connectivity index (χ4v) is 2.38. The Morgan fingerprint density at radius 1 is 1.18 bits per heavy atom. The zero-order chi connectivity index (χ0) is 12.3. The summed E-state index contributed by atoms with van der Waals surface area (Å²) in [5.41, 5.74) is 8.01. The van der Waals surface area contributed by atoms with Crippen LogP contribution in [0, 0.1) is 0 Å². The van der Waals surface area contributed by atoms with E-state index in [4.69, 9.17) is 18.0 Å². The summed E-state index contributed by atoms with van der Waals surface area (Å²) >= 11 is 9.27. The van der Waals surface area contributed by atoms with Gasteiger partial charge in [-0.25, -0.2) is 0 Å². The molecule has 2 N–H and O–H groups in total. The van der Waals surface area contributed by atoms with Gasteiger partial charge in [0.05, 0.1) is 0 Å². The second-order valence-electron chi connectivity index (χ2n) is 4.13. The Morgan fingerprint density at radius 2 is 1.76 bits per heavy atom. The van der Waals surface area contributed by atoms with Crippen molar-refractivity contribution in [2.24, 2.45) is 5.73 Å². The van der Waals surface area contributed by atoms with E-state index in [9.17, 15) is 0 Å². The maximum atomic E-state index is 5.59. The van der Waals surface area contributed by atoms with Crippen LogP contribution in [0.15, 0.2) is 24.3 Å². The number of thiocarbonyl (C=S) groups is 1. The molecule has 17 heavy (non-hydrogen) atoms. The van der Waals surface area contributed by atoms with Gasteiger partial charge in [0.2, 0.25) is 0 Å². The van der Waals surface area contributed by atoms with E-state index in [0.717, 1.165) is 26.2 Å². The molecule has 0 amide bonds. The number of thiol groups is 1. The maximum Gasteiger partial charge on any atom is 0.133 e. The van der Waals surface area contributed by atoms with E-state index in [1.807, 2.05) is 0 Å². The van der Waals surface area contributed by atoms with E-state index in [1.165, 1.54) is 11.3 Å². The summed E-state index contributed by atoms with van der Waals surface area (Å²) in [5.74, 6) is 0. The van der Waals surface area contributed by atoms with Crippen molar-refractivity contribution in [2.45, 2.75) is 6.54 Å². The Bertz CT molecular complexity index is 383. The summed E-state index contributed by atoms with van der Waals surface area (Å²) in [7, 11) is 0. The number of anilines is 1. The van der Waals surface area contributed by atoms with Gasteiger partial charge >= 0.3 is 0 Å². The minimum atomic E-state index is 0.599. The molecule has 1 saturated heterocycles. The average Bonchev–Trinajstić information content (AvgIpc) is 2.39. The van der Waals surface area contributed by atoms with Gasteiger partial charge < -0.3 is 15.5 Å². The normalized spacial score (nSPS) is 16.1. The van der Waals surface area contributed by atoms with Crippen molar-refractivity contribution >= 4 is 34.9 Å². The quantitative estimate of drug-likeness (QED) is 0.628. The van der Waals surface area contributed by atoms with Crippen LogP contribution in [-0.4, -0.2) is 35.4 Å². The Kier molecular flexibility index (Phi) is 4.25. The number of nitrogens with two attached hydrogens (primary N) is 1. The Hall–Kier alpha value is -0.780. The zero-order valence-corrected chi connectivity index (χ0v) is 11.4. The summed E-state index contributed by atoms with van der Waals surface area (Å²) in [6.07, 6.45) is 0. The number of piperazine rings is 1. The monoisotopic (exact) mass is 267 g/mol. The molecule has 5 heteroatoms. The third-order valence-electron chi connectivity index (χ3n) is 3.09. The third-order valence-corrected chi connectivity index (χ3v) is 3.63. The summed E-state index contributed by atoms with van der Waals surface area (Å²) in [6, 6.07) is 8.45. The number of benzene rings is 1. The largest absolute Gasteiger partial charge is 0.368 e. The Morgan fingerprint density at radius 3 is 2.24 bits per heavy atom. The molecule has 0 atom stereocenters. The molecule has 1 aliphatic rings. The van der Waals surface area contributed by atoms with Crippen molar-refractivity contribution in [3.05, 3.63) is 29.8 Å². The van der Waals surface area contributed by atoms with Crippen molar-refractivity contribution in [1.29, 1.82) is 0 Å². The number of hydrogen-bond acceptors (Lipinski definition) is 3. The van der Waals surface area contributed by atoms with Crippen LogP contribution in [0.1, 0.15) is 5.56 Å². The van der Waals surface area contributed by atoms with Gasteiger partial charge in [-0.1, -0.05) is 24.4 Å². The lowest BCUT2D eigenvalue weighted by Crippen LogP contribution is -2.47. The molecule has 0 bridgehead atoms. The molecule has 1 aromatic carbocycles. The highest BCUT2D eigenvalue weighted by Gasteiger charge is 2.17. The van der Waals surface area contributed by atoms with Crippen LogP contribution in [0.2, 0.25) is 0 Å². The lowest BCUT2D eigenvalue weighted by atomic mass is 10.2. The lowest BCUT2D eigenvalue weighted by Gasteiger charge is -2.36. The van der Waals surface area contributed by atoms with Crippen LogP contribution in [0.5, 0.6) is 0 Å². The molecule has 1 heterocycles. The minimum absolute atomic E-state index is 0.599. The van der Waals surface area contributed by atoms with Gasteiger partial charge in [-0.2, -0.15) is 0 Å². The zero-order valence-electron chi connectivity index (χ0n) is 9.67. The first-order valence-electron chi connectivity index (χ1n) is 5.72. The van der Waals surface area contributed by atoms with E-state index in [2.05, 4.69) is 46.7 Å². The van der Waals surface area contributed by atoms with Crippen molar-refractivity contribution in [3.8, 4) is 0 Å². The van der Waals surface area contributed by atoms with Crippen molar-refractivity contribution in [2.75, 3.05) is 31.1 Å². The van der Waals surface area contributed by atoms with Gasteiger partial charge in [-0.05, 0) is 17.7 Å². The first-order valence-corrected chi connectivity index (χ1v) is 6.58. The van der Waals surface area contributed by atoms with E-state index >= 15 is 0 Å². The van der Waals surface area contributed by atoms with E-state index in [0.29, 0.717) is 10.9 Å². The van der Waals surface area contributed by atoms with Crippen LogP contribution in [0.25, 0.3) is 0 Å². The second-order valence-corrected chi connectivity index (χ2v) is 5.24. The highest BCUT2D eigenvalue weighted by Crippen LogP contribution is 2.17. The van der Waals surface area contributed by atoms with Crippen LogP contribution in [0.3, 0.4) is 0 Å². The summed E-state index contributed by atoms with van der Waals surface area (Å²) in [6.45, 7) is 4.47. The van der Waals surface area contributed by atoms with Gasteiger partial charge in [0.15, 0.2) is 0 Å². The Labute approximate surface area is 113 Å². The van der Waals surface area contributed by atoms with Gasteiger partial charge in [-0.3, -0.25) is 0 Å². The van der Waals surface area contributed by atoms with Gasteiger partial charge in [0, 0.05) is 38.4 Å². The van der Waals surface area contributed by atoms with Crippen LogP contribution < -0.4 is 10.6 Å². The smallest absolute Gasteiger partial charge is 0.133 e. The van der Waals surface area contributed by atoms with E-state index in [-0.39, 0.29) is 0 Å². The maximum absolute atomic E-state index is 5.59. The molecule has 0 spiro atoms. The molecule has 92 valence electrons. The summed E-state index contributed by atoms with van der Waals surface area (Å²) in [4.78, 5) is 4.49. The molecule has 0 aromatic heterocycles. The molecule has 0 radical (unpaired) electrons. The lowest BCUT2D eigenvalue weighted by molar-refractivity contribution is 0.398. The van der Waals surface area contributed by atoms with Crippen molar-refractivity contribution in [1.82, 2.24) is 4.90 Å². The first kappa shape index (κ1) is 12.7. The molecule has 0 aliphatic carbocycles. The fraction of sp³-hybridized carbons (Fsp3) is 0.417. The predicted molar refractivity (Wildman–Crippen MR) is 79.7 cm³/mol. The summed E-state index contributed by atoms with van der Waals surface area (Å²) < 4.78 is 0.697. The van der Waals surface area contributed by atoms with Crippen molar-refractivity contribution in [3.63, 3.8) is 0 Å². The highest BCUT2D eigenvalue weighted by molar-refractivity contribution is 8.10. The number of nitrogens with zero attached hydrogens (tertiary/aromatic N) is 2. The Balaban J connectivity index is 1.97. The van der Waals surface area contributed by atoms with Crippen molar-refractivity contribution < 1.29 is 0 Å². The molecule has 3 nitrogen and oxygen atoms in total. The summed E-state index contributed by atoms with van der Waals surface area (Å²) in [5, 5.41) is 0. The molecular formula is C12H17N3S2. The van der Waals surface area contributed by atoms with E-state index < -0.39 is 0 Å². The predicted octanol–water partition coefficient (Wildman–Crippen LogP) is 1.48. The van der Waals surface area contributed by atoms with Crippen LogP contribution in [-0.2, 0) is 6.54 Å². The SMILES string of the molecule is NCc1ccc(N2CCN(C(=S)S)CC2)cc1. The fourth-order valence-electron chi connectivity index (χ4n) is 2.00. The molecule has 0 saturated carbocycles. The topological polar surface area (TPSA) is 32.5 Å². The first-order chi connectivity index (χ1) is 8.20. The van der Waals surface area contributed by atoms with Gasteiger partial charge in [0.25, 0.3) is 0 Å². The molecule has 1 fully saturated rings. The standard InChI is InChI=1S/C12H17N3S2/c13-9-10-1-3-11(4-2-10)14-5-7-15(8-6-14)12(16)17/h1-4H,5-9,13H2,(H,16,17). The van der Waals surface area contributed by atoms with Gasteiger partial charge in [-0.15, -0.1) is 12.6 Å². The number of hydrogen-bond donors (Lipinski definition) is 2. The third kappa shape index (κ3) is 3.12.